The normalized spacial score (nSPS) is 23.1. The Morgan fingerprint density at radius 3 is 2.63 bits per heavy atom. The molecule has 4 amide bonds. The van der Waals surface area contributed by atoms with Crippen LogP contribution in [0.4, 0.5) is 10.5 Å². The number of β-amino-alcohol motifs (C(OH)–C–C–N with tert-alkyl or cyclic N) is 1. The molecule has 1 aromatic rings. The second-order valence-corrected chi connectivity index (χ2v) is 10.7. The van der Waals surface area contributed by atoms with Crippen LogP contribution in [0.15, 0.2) is 24.3 Å². The fourth-order valence-electron chi connectivity index (χ4n) is 5.18. The summed E-state index contributed by atoms with van der Waals surface area (Å²) in [4.78, 5) is 46.0. The lowest BCUT2D eigenvalue weighted by molar-refractivity contribution is -0.144. The summed E-state index contributed by atoms with van der Waals surface area (Å²) in [5.41, 5.74) is 0.720. The highest BCUT2D eigenvalue weighted by molar-refractivity contribution is 6.30. The van der Waals surface area contributed by atoms with Crippen LogP contribution < -0.4 is 5.32 Å². The van der Waals surface area contributed by atoms with Crippen molar-refractivity contribution in [2.75, 3.05) is 58.7 Å². The van der Waals surface area contributed by atoms with Gasteiger partial charge in [-0.3, -0.25) is 9.59 Å². The van der Waals surface area contributed by atoms with Gasteiger partial charge in [0.1, 0.15) is 6.04 Å². The minimum atomic E-state index is -0.595. The molecule has 1 saturated carbocycles. The molecule has 2 atom stereocenters. The summed E-state index contributed by atoms with van der Waals surface area (Å²) in [6, 6.07) is 6.03. The fourth-order valence-corrected chi connectivity index (χ4v) is 5.37. The number of nitrogens with one attached hydrogen (secondary N) is 1. The smallest absolute Gasteiger partial charge is 0.321 e. The molecule has 2 saturated heterocycles. The molecule has 1 spiro atoms. The van der Waals surface area contributed by atoms with Gasteiger partial charge in [-0.05, 0) is 55.8 Å². The van der Waals surface area contributed by atoms with Crippen molar-refractivity contribution in [2.24, 2.45) is 5.41 Å². The Balaban J connectivity index is 1.38. The van der Waals surface area contributed by atoms with Crippen LogP contribution in [-0.2, 0) is 9.59 Å². The number of benzene rings is 1. The highest BCUT2D eigenvalue weighted by atomic mass is 35.5. The Bertz CT molecular complexity index is 954. The van der Waals surface area contributed by atoms with Crippen LogP contribution in [0.1, 0.15) is 32.1 Å². The lowest BCUT2D eigenvalue weighted by Gasteiger charge is -2.38. The molecule has 1 aromatic carbocycles. The molecule has 4 rings (SSSR count). The number of hydrogen-bond acceptors (Lipinski definition) is 5. The van der Waals surface area contributed by atoms with E-state index in [4.69, 9.17) is 11.6 Å². The van der Waals surface area contributed by atoms with Crippen LogP contribution in [0.3, 0.4) is 0 Å². The van der Waals surface area contributed by atoms with Gasteiger partial charge in [-0.2, -0.15) is 0 Å². The van der Waals surface area contributed by atoms with Gasteiger partial charge in [-0.1, -0.05) is 17.7 Å². The maximum absolute atomic E-state index is 13.1. The zero-order chi connectivity index (χ0) is 25.2. The molecule has 35 heavy (non-hydrogen) atoms. The van der Waals surface area contributed by atoms with Crippen molar-refractivity contribution in [1.29, 1.82) is 0 Å². The monoisotopic (exact) mass is 505 g/mol. The maximum atomic E-state index is 13.1. The molecule has 2 N–H and O–H groups in total. The average molecular weight is 506 g/mol. The number of likely N-dealkylation sites (tertiary alicyclic amines) is 1. The van der Waals surface area contributed by atoms with Crippen LogP contribution in [-0.4, -0.2) is 108 Å². The van der Waals surface area contributed by atoms with Gasteiger partial charge in [-0.15, -0.1) is 0 Å². The minimum absolute atomic E-state index is 0.119. The summed E-state index contributed by atoms with van der Waals surface area (Å²) >= 11 is 6.01. The highest BCUT2D eigenvalue weighted by Gasteiger charge is 2.51. The number of carbonyl (C=O) groups excluding carboxylic acids is 3. The largest absolute Gasteiger partial charge is 0.391 e. The highest BCUT2D eigenvalue weighted by Crippen LogP contribution is 2.53. The van der Waals surface area contributed by atoms with Crippen LogP contribution in [0.2, 0.25) is 5.02 Å². The van der Waals surface area contributed by atoms with Gasteiger partial charge >= 0.3 is 6.03 Å². The minimum Gasteiger partial charge on any atom is -0.391 e. The van der Waals surface area contributed by atoms with Crippen LogP contribution in [0, 0.1) is 5.41 Å². The van der Waals surface area contributed by atoms with Gasteiger partial charge in [0.15, 0.2) is 0 Å². The Kier molecular flexibility index (Phi) is 7.88. The molecular weight excluding hydrogens is 470 g/mol. The van der Waals surface area contributed by atoms with Gasteiger partial charge in [0.2, 0.25) is 11.8 Å². The molecule has 9 nitrogen and oxygen atoms in total. The van der Waals surface area contributed by atoms with Crippen LogP contribution >= 0.6 is 11.6 Å². The van der Waals surface area contributed by atoms with E-state index < -0.39 is 6.04 Å². The number of piperidine rings is 1. The molecule has 3 aliphatic rings. The van der Waals surface area contributed by atoms with Gasteiger partial charge in [0.25, 0.3) is 0 Å². The van der Waals surface area contributed by atoms with E-state index in [-0.39, 0.29) is 48.9 Å². The molecule has 0 unspecified atom stereocenters. The number of aliphatic hydroxyl groups excluding tert-OH is 1. The van der Waals surface area contributed by atoms with E-state index in [0.717, 1.165) is 25.8 Å². The molecule has 192 valence electrons. The van der Waals surface area contributed by atoms with E-state index in [9.17, 15) is 19.5 Å². The number of likely N-dealkylation sites (N-methyl/N-ethyl adjacent to an activating group) is 1. The van der Waals surface area contributed by atoms with Gasteiger partial charge in [0.05, 0.1) is 6.10 Å². The third kappa shape index (κ3) is 6.08. The van der Waals surface area contributed by atoms with E-state index in [1.54, 1.807) is 48.2 Å². The van der Waals surface area contributed by atoms with Crippen LogP contribution in [0.25, 0.3) is 0 Å². The second kappa shape index (κ2) is 10.7. The first-order chi connectivity index (χ1) is 16.7. The Hall–Kier alpha value is -2.36. The molecule has 2 aliphatic heterocycles. The summed E-state index contributed by atoms with van der Waals surface area (Å²) in [5.74, 6) is -0.245. The summed E-state index contributed by atoms with van der Waals surface area (Å²) in [7, 11) is 3.40. The number of hydrogen-bond donors (Lipinski definition) is 2. The summed E-state index contributed by atoms with van der Waals surface area (Å²) in [6.07, 6.45) is 3.54. The SMILES string of the molecule is CN(C)C(=O)[C@@H](CCN1CCC2(CC2)[C@H](O)C1)N1CCN(C(=O)Nc2cccc(Cl)c2)CCC1=O. The van der Waals surface area contributed by atoms with Gasteiger partial charge in [0, 0.05) is 63.9 Å². The lowest BCUT2D eigenvalue weighted by atomic mass is 9.90. The Morgan fingerprint density at radius 2 is 1.97 bits per heavy atom. The molecule has 10 heteroatoms. The van der Waals surface area contributed by atoms with Crippen molar-refractivity contribution in [3.05, 3.63) is 29.3 Å². The van der Waals surface area contributed by atoms with E-state index in [0.29, 0.717) is 36.8 Å². The predicted molar refractivity (Wildman–Crippen MR) is 134 cm³/mol. The molecule has 0 radical (unpaired) electrons. The quantitative estimate of drug-likeness (QED) is 0.617. The summed E-state index contributed by atoms with van der Waals surface area (Å²) in [5, 5.41) is 13.9. The first kappa shape index (κ1) is 25.7. The van der Waals surface area contributed by atoms with E-state index in [2.05, 4.69) is 10.2 Å². The first-order valence-electron chi connectivity index (χ1n) is 12.4. The predicted octanol–water partition coefficient (Wildman–Crippen LogP) is 2.10. The molecular formula is C25H36ClN5O4. The van der Waals surface area contributed by atoms with Gasteiger partial charge in [-0.25, -0.2) is 4.79 Å². The van der Waals surface area contributed by atoms with E-state index in [1.807, 2.05) is 0 Å². The average Bonchev–Trinajstić information content (AvgIpc) is 3.62. The zero-order valence-electron chi connectivity index (χ0n) is 20.6. The van der Waals surface area contributed by atoms with Crippen molar-refractivity contribution in [3.8, 4) is 0 Å². The zero-order valence-corrected chi connectivity index (χ0v) is 21.3. The second-order valence-electron chi connectivity index (χ2n) is 10.2. The molecule has 2 heterocycles. The topological polar surface area (TPSA) is 96.4 Å². The van der Waals surface area contributed by atoms with Crippen molar-refractivity contribution >= 4 is 35.1 Å². The summed E-state index contributed by atoms with van der Waals surface area (Å²) < 4.78 is 0. The van der Waals surface area contributed by atoms with Crippen molar-refractivity contribution < 1.29 is 19.5 Å². The molecule has 0 aromatic heterocycles. The molecule has 1 aliphatic carbocycles. The van der Waals surface area contributed by atoms with Crippen molar-refractivity contribution in [3.63, 3.8) is 0 Å². The third-order valence-corrected chi connectivity index (χ3v) is 7.90. The Morgan fingerprint density at radius 1 is 1.20 bits per heavy atom. The number of carbonyl (C=O) groups is 3. The first-order valence-corrected chi connectivity index (χ1v) is 12.8. The molecule has 0 bridgehead atoms. The number of amides is 4. The Labute approximate surface area is 212 Å². The van der Waals surface area contributed by atoms with Crippen LogP contribution in [0.5, 0.6) is 0 Å². The number of aliphatic hydroxyl groups is 1. The lowest BCUT2D eigenvalue weighted by Crippen LogP contribution is -2.52. The number of rotatable bonds is 6. The van der Waals surface area contributed by atoms with E-state index >= 15 is 0 Å². The van der Waals surface area contributed by atoms with Gasteiger partial charge < -0.3 is 30.0 Å². The van der Waals surface area contributed by atoms with E-state index in [1.165, 1.54) is 4.90 Å². The number of urea groups is 1. The van der Waals surface area contributed by atoms with Crippen molar-refractivity contribution in [1.82, 2.24) is 19.6 Å². The third-order valence-electron chi connectivity index (χ3n) is 7.67. The number of nitrogens with zero attached hydrogens (tertiary/aromatic N) is 4. The summed E-state index contributed by atoms with van der Waals surface area (Å²) in [6.45, 7) is 3.07. The number of halogens is 1. The van der Waals surface area contributed by atoms with Crippen molar-refractivity contribution in [2.45, 2.75) is 44.2 Å². The number of anilines is 1. The standard InChI is InChI=1S/C25H36ClN5O4/c1-28(2)23(34)20(6-11-29-13-10-25(8-9-25)21(32)17-29)31-15-14-30(12-7-22(31)33)24(35)27-19-5-3-4-18(26)16-19/h3-5,16,20-21,32H,6-15,17H2,1-2H3,(H,27,35)/t20-,21-/m1/s1. The fraction of sp³-hybridized carbons (Fsp3) is 0.640. The molecule has 3 fully saturated rings. The maximum Gasteiger partial charge on any atom is 0.321 e.